The molecule has 3 aliphatic heterocycles. The standard InChI is InChI=1S/C51H57N3O10S/c1-35-34-50(2,3)53(26-27-62-29-28-61-6)43-33-45-40(32-39(35)43)37(30-44(63-45)36-16-10-7-11-17-36)18-12-8-13-19-46-51(4,5)41-31-38(65(58,59)60)21-22-42(41)52(46)25-15-9-14-20-49(57)64-54-47(55)23-24-48(54)56/h7-8,10-13,16-19,21-24,30-34H,9,14-15,20,25-29H2,1-6H3,(H2-,55,56,58,59,60)/p+1. The number of anilines is 1. The van der Waals surface area contributed by atoms with E-state index in [1.807, 2.05) is 68.5 Å². The van der Waals surface area contributed by atoms with E-state index in [1.165, 1.54) is 29.8 Å². The SMILES string of the molecule is COCCOCCN1c2cc3c(cc2C(C)=CC1(C)C)C(=CC=CC=CC1=[N+](CCCCCC(=O)On2c(O)ccc2O)c2ccc(S(=O)(=O)O)cc2C1(C)C)C=C(c1ccccc1)O3. The number of fused-ring (bicyclic) bond motifs is 3. The van der Waals surface area contributed by atoms with Crippen LogP contribution in [0, 0.1) is 0 Å². The highest BCUT2D eigenvalue weighted by molar-refractivity contribution is 7.85. The number of methoxy groups -OCH3 is 1. The van der Waals surface area contributed by atoms with E-state index in [4.69, 9.17) is 19.0 Å². The van der Waals surface area contributed by atoms with Crippen LogP contribution in [0.15, 0.2) is 120 Å². The Labute approximate surface area is 381 Å². The van der Waals surface area contributed by atoms with Crippen LogP contribution in [0.25, 0.3) is 16.9 Å². The Bertz CT molecular complexity index is 2720. The minimum absolute atomic E-state index is 0.0762. The highest BCUT2D eigenvalue weighted by atomic mass is 32.2. The van der Waals surface area contributed by atoms with Gasteiger partial charge in [0.1, 0.15) is 18.1 Å². The van der Waals surface area contributed by atoms with E-state index in [-0.39, 0.29) is 28.6 Å². The summed E-state index contributed by atoms with van der Waals surface area (Å²) in [5.41, 5.74) is 7.95. The normalized spacial score (nSPS) is 17.0. The summed E-state index contributed by atoms with van der Waals surface area (Å²) in [6.45, 7) is 13.5. The molecule has 1 aromatic heterocycles. The topological polar surface area (TPSA) is 160 Å². The lowest BCUT2D eigenvalue weighted by Crippen LogP contribution is -2.46. The highest BCUT2D eigenvalue weighted by Gasteiger charge is 2.45. The van der Waals surface area contributed by atoms with Crippen molar-refractivity contribution in [2.24, 2.45) is 0 Å². The van der Waals surface area contributed by atoms with E-state index in [0.29, 0.717) is 56.9 Å². The van der Waals surface area contributed by atoms with Crippen LogP contribution < -0.4 is 14.5 Å². The largest absolute Gasteiger partial charge is 0.492 e. The average molecular weight is 905 g/mol. The van der Waals surface area contributed by atoms with Crippen LogP contribution >= 0.6 is 0 Å². The molecule has 342 valence electrons. The maximum Gasteiger partial charge on any atom is 0.333 e. The number of carbonyl (C=O) groups excluding carboxylic acids is 1. The molecule has 65 heavy (non-hydrogen) atoms. The summed E-state index contributed by atoms with van der Waals surface area (Å²) >= 11 is 0. The number of aromatic hydroxyl groups is 2. The van der Waals surface area contributed by atoms with E-state index in [1.54, 1.807) is 13.2 Å². The van der Waals surface area contributed by atoms with Crippen LogP contribution in [0.5, 0.6) is 17.5 Å². The minimum atomic E-state index is -4.44. The molecule has 0 fully saturated rings. The Morgan fingerprint density at radius 3 is 2.35 bits per heavy atom. The fourth-order valence-electron chi connectivity index (χ4n) is 8.76. The molecule has 0 radical (unpaired) electrons. The van der Waals surface area contributed by atoms with Crippen LogP contribution in [0.4, 0.5) is 11.4 Å². The van der Waals surface area contributed by atoms with Gasteiger partial charge in [-0.3, -0.25) is 4.55 Å². The first kappa shape index (κ1) is 46.8. The number of allylic oxidation sites excluding steroid dienone is 8. The summed E-state index contributed by atoms with van der Waals surface area (Å²) in [4.78, 5) is 19.7. The lowest BCUT2D eigenvalue weighted by atomic mass is 9.81. The lowest BCUT2D eigenvalue weighted by molar-refractivity contribution is -0.438. The first-order chi connectivity index (χ1) is 31.0. The third-order valence-electron chi connectivity index (χ3n) is 12.0. The minimum Gasteiger partial charge on any atom is -0.492 e. The molecular formula is C51H58N3O10S+. The Morgan fingerprint density at radius 2 is 1.63 bits per heavy atom. The first-order valence-corrected chi connectivity index (χ1v) is 23.2. The quantitative estimate of drug-likeness (QED) is 0.0379. The van der Waals surface area contributed by atoms with Crippen LogP contribution in [0.3, 0.4) is 0 Å². The second-order valence-corrected chi connectivity index (χ2v) is 18.8. The molecule has 0 bridgehead atoms. The smallest absolute Gasteiger partial charge is 0.333 e. The second kappa shape index (κ2) is 19.5. The van der Waals surface area contributed by atoms with Crippen molar-refractivity contribution in [3.63, 3.8) is 0 Å². The third kappa shape index (κ3) is 10.4. The van der Waals surface area contributed by atoms with Gasteiger partial charge in [0, 0.05) is 84.8 Å². The van der Waals surface area contributed by atoms with Crippen molar-refractivity contribution >= 4 is 50.1 Å². The number of ether oxygens (including phenoxy) is 3. The predicted molar refractivity (Wildman–Crippen MR) is 252 cm³/mol. The summed E-state index contributed by atoms with van der Waals surface area (Å²) in [5.74, 6) is 0.138. The zero-order valence-corrected chi connectivity index (χ0v) is 38.6. The maximum atomic E-state index is 12.4. The molecule has 4 heterocycles. The van der Waals surface area contributed by atoms with E-state index >= 15 is 0 Å². The summed E-state index contributed by atoms with van der Waals surface area (Å²) in [7, 11) is -2.77. The first-order valence-electron chi connectivity index (χ1n) is 21.8. The van der Waals surface area contributed by atoms with Gasteiger partial charge in [0.25, 0.3) is 10.1 Å². The van der Waals surface area contributed by atoms with E-state index < -0.39 is 21.5 Å². The molecule has 0 unspecified atom stereocenters. The molecule has 14 heteroatoms. The van der Waals surface area contributed by atoms with Gasteiger partial charge in [-0.25, -0.2) is 4.79 Å². The van der Waals surface area contributed by atoms with Gasteiger partial charge in [0.2, 0.25) is 17.4 Å². The highest BCUT2D eigenvalue weighted by Crippen LogP contribution is 2.47. The molecule has 0 saturated carbocycles. The third-order valence-corrected chi connectivity index (χ3v) is 12.9. The van der Waals surface area contributed by atoms with Gasteiger partial charge in [-0.1, -0.05) is 60.7 Å². The molecule has 13 nitrogen and oxygen atoms in total. The number of nitrogens with zero attached hydrogens (tertiary/aromatic N) is 3. The Balaban J connectivity index is 1.16. The molecule has 0 atom stereocenters. The van der Waals surface area contributed by atoms with Crippen molar-refractivity contribution in [2.75, 3.05) is 44.9 Å². The molecule has 3 aromatic carbocycles. The number of hydrogen-bond donors (Lipinski definition) is 3. The second-order valence-electron chi connectivity index (χ2n) is 17.4. The van der Waals surface area contributed by atoms with Crippen LogP contribution in [0.2, 0.25) is 0 Å². The van der Waals surface area contributed by atoms with Gasteiger partial charge in [0.05, 0.1) is 35.7 Å². The Hall–Kier alpha value is -6.19. The Kier molecular flexibility index (Phi) is 14.0. The lowest BCUT2D eigenvalue weighted by Gasteiger charge is -2.44. The van der Waals surface area contributed by atoms with E-state index in [9.17, 15) is 28.0 Å². The average Bonchev–Trinajstić information content (AvgIpc) is 3.69. The van der Waals surface area contributed by atoms with Gasteiger partial charge in [-0.05, 0) is 82.9 Å². The van der Waals surface area contributed by atoms with Crippen molar-refractivity contribution in [1.82, 2.24) is 4.73 Å². The van der Waals surface area contributed by atoms with Crippen molar-refractivity contribution in [3.8, 4) is 17.5 Å². The number of rotatable bonds is 18. The van der Waals surface area contributed by atoms with Gasteiger partial charge in [-0.2, -0.15) is 13.0 Å². The number of aromatic nitrogens is 1. The molecule has 0 saturated heterocycles. The monoisotopic (exact) mass is 904 g/mol. The summed E-state index contributed by atoms with van der Waals surface area (Å²) < 4.78 is 54.9. The van der Waals surface area contributed by atoms with Crippen molar-refractivity contribution < 1.29 is 51.6 Å². The van der Waals surface area contributed by atoms with E-state index in [0.717, 1.165) is 56.4 Å². The van der Waals surface area contributed by atoms with Gasteiger partial charge in [-0.15, -0.1) is 4.73 Å². The molecule has 3 N–H and O–H groups in total. The number of carbonyl (C=O) groups is 1. The zero-order valence-electron chi connectivity index (χ0n) is 37.8. The summed E-state index contributed by atoms with van der Waals surface area (Å²) in [6.07, 6.45) is 16.3. The number of unbranched alkanes of at least 4 members (excludes halogenated alkanes) is 2. The number of hydrogen-bond acceptors (Lipinski definition) is 10. The number of benzene rings is 3. The zero-order chi connectivity index (χ0) is 46.5. The summed E-state index contributed by atoms with van der Waals surface area (Å²) in [5, 5.41) is 19.6. The molecule has 0 amide bonds. The molecule has 0 aliphatic carbocycles. The summed E-state index contributed by atoms with van der Waals surface area (Å²) in [6, 6.07) is 21.5. The van der Waals surface area contributed by atoms with Crippen LogP contribution in [-0.2, 0) is 29.8 Å². The predicted octanol–water partition coefficient (Wildman–Crippen LogP) is 9.03. The van der Waals surface area contributed by atoms with Gasteiger partial charge < -0.3 is 34.2 Å². The van der Waals surface area contributed by atoms with Crippen molar-refractivity contribution in [1.29, 1.82) is 0 Å². The fraction of sp³-hybridized carbons (Fsp3) is 0.333. The Morgan fingerprint density at radius 1 is 0.877 bits per heavy atom. The fourth-order valence-corrected chi connectivity index (χ4v) is 9.26. The van der Waals surface area contributed by atoms with Gasteiger partial charge >= 0.3 is 5.97 Å². The van der Waals surface area contributed by atoms with Crippen molar-refractivity contribution in [2.45, 2.75) is 76.2 Å². The van der Waals surface area contributed by atoms with Crippen molar-refractivity contribution in [3.05, 3.63) is 138 Å². The van der Waals surface area contributed by atoms with Crippen LogP contribution in [-0.4, -0.2) is 89.7 Å². The molecular weight excluding hydrogens is 847 g/mol. The maximum absolute atomic E-state index is 12.4. The molecule has 3 aliphatic rings. The molecule has 0 spiro atoms. The molecule has 7 rings (SSSR count). The van der Waals surface area contributed by atoms with Crippen LogP contribution in [0.1, 0.15) is 82.6 Å². The van der Waals surface area contributed by atoms with E-state index in [2.05, 4.69) is 60.6 Å². The van der Waals surface area contributed by atoms with Gasteiger partial charge in [0.15, 0.2) is 5.71 Å². The molecule has 4 aromatic rings.